The van der Waals surface area contributed by atoms with E-state index < -0.39 is 0 Å². The van der Waals surface area contributed by atoms with Crippen LogP contribution in [0.5, 0.6) is 0 Å². The van der Waals surface area contributed by atoms with Crippen molar-refractivity contribution in [1.82, 2.24) is 4.98 Å². The molecule has 1 aromatic heterocycles. The van der Waals surface area contributed by atoms with Gasteiger partial charge in [-0.3, -0.25) is 0 Å². The maximum absolute atomic E-state index is 7.16. The molecule has 0 radical (unpaired) electrons. The Morgan fingerprint density at radius 1 is 0.833 bits per heavy atom. The Bertz CT molecular complexity index is 2360. The van der Waals surface area contributed by atoms with Gasteiger partial charge < -0.3 is 10.7 Å². The summed E-state index contributed by atoms with van der Waals surface area (Å²) in [4.78, 5) is 5.61. The largest absolute Gasteiger partial charge is 0.397 e. The van der Waals surface area contributed by atoms with Crippen LogP contribution in [0.1, 0.15) is 53.9 Å². The number of nitrogens with two attached hydrogens (primary N) is 1. The van der Waals surface area contributed by atoms with Crippen LogP contribution in [0.4, 0.5) is 5.69 Å². The first-order chi connectivity index (χ1) is 26.2. The predicted octanol–water partition coefficient (Wildman–Crippen LogP) is 14.0. The van der Waals surface area contributed by atoms with Gasteiger partial charge in [-0.1, -0.05) is 165 Å². The quantitative estimate of drug-likeness (QED) is 0.141. The van der Waals surface area contributed by atoms with Crippen molar-refractivity contribution in [2.75, 3.05) is 5.73 Å². The molecule has 1 aliphatic carbocycles. The first-order valence-electron chi connectivity index (χ1n) is 18.4. The zero-order chi connectivity index (χ0) is 38.0. The van der Waals surface area contributed by atoms with Gasteiger partial charge in [0, 0.05) is 37.9 Å². The Kier molecular flexibility index (Phi) is 12.3. The van der Waals surface area contributed by atoms with Gasteiger partial charge in [0.25, 0.3) is 0 Å². The van der Waals surface area contributed by atoms with Crippen molar-refractivity contribution in [3.05, 3.63) is 226 Å². The van der Waals surface area contributed by atoms with Crippen LogP contribution in [0.2, 0.25) is 0 Å². The highest BCUT2D eigenvalue weighted by Gasteiger charge is 2.18. The van der Waals surface area contributed by atoms with Crippen LogP contribution < -0.4 is 5.73 Å². The molecule has 4 aromatic rings. The highest BCUT2D eigenvalue weighted by Crippen LogP contribution is 2.43. The van der Waals surface area contributed by atoms with Gasteiger partial charge in [-0.05, 0) is 109 Å². The topological polar surface area (TPSA) is 41.8 Å². The van der Waals surface area contributed by atoms with Crippen LogP contribution in [-0.2, 0) is 6.42 Å². The zero-order valence-corrected chi connectivity index (χ0v) is 32.3. The summed E-state index contributed by atoms with van der Waals surface area (Å²) in [5, 5.41) is 0. The van der Waals surface area contributed by atoms with E-state index in [4.69, 9.17) is 5.73 Å². The van der Waals surface area contributed by atoms with Crippen molar-refractivity contribution >= 4 is 40.7 Å². The molecule has 2 nitrogen and oxygen atoms in total. The molecule has 0 atom stereocenters. The van der Waals surface area contributed by atoms with Crippen molar-refractivity contribution in [3.8, 4) is 11.1 Å². The summed E-state index contributed by atoms with van der Waals surface area (Å²) in [6.07, 6.45) is 31.6. The van der Waals surface area contributed by atoms with E-state index in [-0.39, 0.29) is 0 Å². The van der Waals surface area contributed by atoms with Crippen LogP contribution >= 0.6 is 11.8 Å². The van der Waals surface area contributed by atoms with Crippen molar-refractivity contribution in [2.45, 2.75) is 38.5 Å². The van der Waals surface area contributed by atoms with E-state index in [0.717, 1.165) is 78.3 Å². The Balaban J connectivity index is 1.65. The second-order valence-corrected chi connectivity index (χ2v) is 14.6. The summed E-state index contributed by atoms with van der Waals surface area (Å²) in [5.74, 6) is 0. The van der Waals surface area contributed by atoms with Crippen LogP contribution in [0.25, 0.3) is 34.4 Å². The smallest absolute Gasteiger partial charge is 0.0535 e. The van der Waals surface area contributed by atoms with Gasteiger partial charge in [0.1, 0.15) is 0 Å². The van der Waals surface area contributed by atoms with Gasteiger partial charge in [-0.15, -0.1) is 0 Å². The molecule has 0 amide bonds. The number of fused-ring (bicyclic) bond motifs is 3. The minimum atomic E-state index is 0.679. The number of benzene rings is 3. The van der Waals surface area contributed by atoms with E-state index in [1.54, 1.807) is 17.8 Å². The lowest BCUT2D eigenvalue weighted by molar-refractivity contribution is 0.938. The Hall–Kier alpha value is -6.03. The third-order valence-electron chi connectivity index (χ3n) is 9.57. The highest BCUT2D eigenvalue weighted by molar-refractivity contribution is 8.03. The summed E-state index contributed by atoms with van der Waals surface area (Å²) < 4.78 is 0. The van der Waals surface area contributed by atoms with Crippen LogP contribution in [0.3, 0.4) is 0 Å². The molecule has 3 heteroatoms. The molecule has 0 saturated heterocycles. The minimum absolute atomic E-state index is 0.679. The average Bonchev–Trinajstić information content (AvgIpc) is 3.50. The fraction of sp³-hybridized carbons (Fsp3) is 0.0980. The minimum Gasteiger partial charge on any atom is -0.397 e. The number of aromatic nitrogens is 1. The number of H-pyrrole nitrogens is 1. The van der Waals surface area contributed by atoms with Crippen molar-refractivity contribution in [3.63, 3.8) is 0 Å². The molecule has 2 bridgehead atoms. The molecule has 0 spiro atoms. The van der Waals surface area contributed by atoms with E-state index >= 15 is 0 Å². The molecular weight excluding hydrogens is 673 g/mol. The van der Waals surface area contributed by atoms with Gasteiger partial charge >= 0.3 is 0 Å². The number of aromatic amines is 1. The molecule has 2 aliphatic rings. The molecule has 3 aromatic carbocycles. The van der Waals surface area contributed by atoms with E-state index in [2.05, 4.69) is 167 Å². The summed E-state index contributed by atoms with van der Waals surface area (Å²) in [6.45, 7) is 19.3. The molecule has 54 heavy (non-hydrogen) atoms. The highest BCUT2D eigenvalue weighted by atomic mass is 32.2. The maximum Gasteiger partial charge on any atom is 0.0535 e. The monoisotopic (exact) mass is 720 g/mol. The second kappa shape index (κ2) is 17.7. The number of nitrogen functional groups attached to an aromatic ring is 1. The van der Waals surface area contributed by atoms with Gasteiger partial charge in [0.05, 0.1) is 5.69 Å². The molecule has 0 saturated carbocycles. The van der Waals surface area contributed by atoms with Gasteiger partial charge in [0.15, 0.2) is 0 Å². The van der Waals surface area contributed by atoms with Crippen molar-refractivity contribution < 1.29 is 0 Å². The number of hydrogen-bond acceptors (Lipinski definition) is 2. The maximum atomic E-state index is 7.16. The first-order valence-corrected chi connectivity index (χ1v) is 19.2. The van der Waals surface area contributed by atoms with Crippen LogP contribution in [-0.4, -0.2) is 4.98 Å². The summed E-state index contributed by atoms with van der Waals surface area (Å²) in [6, 6.07) is 25.3. The van der Waals surface area contributed by atoms with Crippen LogP contribution in [0.15, 0.2) is 198 Å². The van der Waals surface area contributed by atoms with E-state index in [9.17, 15) is 0 Å². The molecule has 268 valence electrons. The second-order valence-electron chi connectivity index (χ2n) is 13.5. The molecular formula is C51H48N2S. The molecule has 2 heterocycles. The standard InChI is InChI=1S/C51H48N2S/c1-7-9-10-13-20-39-29-35(3)27-28-42(40-21-14-11-15-22-40)32-45(37(5)31-47-38(6)53-48-26-19-18-25-44(47)48)49(8-2)54-50-34-43(41-23-16-12-17-24-41)33-46(51(50)52)36(4)30-39/h7-18,20-25,27-34,53H,1-2,4,19,26,52H2,3,5-6H3/b10-9-,20-13?,28-27?,35-29?,37-31-,39-30?,42-32?,49-45?. The summed E-state index contributed by atoms with van der Waals surface area (Å²) >= 11 is 1.65. The van der Waals surface area contributed by atoms with E-state index in [0.29, 0.717) is 5.69 Å². The average molecular weight is 721 g/mol. The van der Waals surface area contributed by atoms with Crippen LogP contribution in [0, 0.1) is 6.92 Å². The SMILES string of the molecule is C=C/C=C\C=CC1=CC(=C)c2cc(-c3ccccc3)cc(c2N)SC(C=C)=C(/C(C)=C\c2c(C)[nH]c3c2C=CCC3)C=C(c2ccccc2)C=CC(C)=C1. The lowest BCUT2D eigenvalue weighted by Crippen LogP contribution is -1.98. The molecule has 0 fully saturated rings. The third kappa shape index (κ3) is 8.94. The number of thioether (sulfide) groups is 1. The number of hydrogen-bond donors (Lipinski definition) is 2. The van der Waals surface area contributed by atoms with E-state index in [1.165, 1.54) is 22.5 Å². The fourth-order valence-corrected chi connectivity index (χ4v) is 7.83. The third-order valence-corrected chi connectivity index (χ3v) is 10.7. The Morgan fingerprint density at radius 2 is 1.57 bits per heavy atom. The van der Waals surface area contributed by atoms with Crippen molar-refractivity contribution in [1.29, 1.82) is 0 Å². The molecule has 3 N–H and O–H groups in total. The number of nitrogens with one attached hydrogen (secondary N) is 1. The Morgan fingerprint density at radius 3 is 2.30 bits per heavy atom. The summed E-state index contributed by atoms with van der Waals surface area (Å²) in [7, 11) is 0. The van der Waals surface area contributed by atoms with Crippen molar-refractivity contribution in [2.24, 2.45) is 0 Å². The molecule has 6 rings (SSSR count). The predicted molar refractivity (Wildman–Crippen MR) is 239 cm³/mol. The number of aryl methyl sites for hydroxylation is 2. The Labute approximate surface area is 326 Å². The lowest BCUT2D eigenvalue weighted by Gasteiger charge is -2.18. The first kappa shape index (κ1) is 37.7. The number of anilines is 1. The number of allylic oxidation sites excluding steroid dienone is 18. The normalized spacial score (nSPS) is 15.4. The molecule has 0 unspecified atom stereocenters. The number of rotatable bonds is 8. The van der Waals surface area contributed by atoms with Gasteiger partial charge in [-0.2, -0.15) is 0 Å². The molecule has 1 aliphatic heterocycles. The summed E-state index contributed by atoms with van der Waals surface area (Å²) in [5.41, 5.74) is 23.2. The lowest BCUT2D eigenvalue weighted by atomic mass is 9.95. The zero-order valence-electron chi connectivity index (χ0n) is 31.5. The fourth-order valence-electron chi connectivity index (χ4n) is 6.77. The van der Waals surface area contributed by atoms with Gasteiger partial charge in [0.2, 0.25) is 0 Å². The van der Waals surface area contributed by atoms with Gasteiger partial charge in [-0.25, -0.2) is 0 Å². The van der Waals surface area contributed by atoms with E-state index in [1.807, 2.05) is 30.4 Å².